The summed E-state index contributed by atoms with van der Waals surface area (Å²) >= 11 is 0. The Labute approximate surface area is 126 Å². The predicted octanol–water partition coefficient (Wildman–Crippen LogP) is 2.22. The van der Waals surface area contributed by atoms with Crippen LogP contribution in [0.15, 0.2) is 30.3 Å². The molecule has 1 aliphatic rings. The van der Waals surface area contributed by atoms with Gasteiger partial charge in [0.05, 0.1) is 11.2 Å². The third kappa shape index (κ3) is 2.87. The molecule has 1 aliphatic heterocycles. The number of hydrogen-bond acceptors (Lipinski definition) is 4. The number of fused-ring (bicyclic) bond motifs is 1. The second kappa shape index (κ2) is 6.00. The highest BCUT2D eigenvalue weighted by Crippen LogP contribution is 2.32. The number of para-hydroxylation sites is 1. The molecule has 1 saturated heterocycles. The second-order valence-electron chi connectivity index (χ2n) is 6.11. The third-order valence-corrected chi connectivity index (χ3v) is 4.22. The molecule has 0 amide bonds. The highest BCUT2D eigenvalue weighted by atomic mass is 15.2. The Hall–Kier alpha value is -1.65. The van der Waals surface area contributed by atoms with Crippen LogP contribution in [0.4, 0.5) is 5.69 Å². The van der Waals surface area contributed by atoms with Crippen LogP contribution < -0.4 is 10.6 Å². The molecule has 1 aromatic carbocycles. The topological polar surface area (TPSA) is 45.4 Å². The van der Waals surface area contributed by atoms with Crippen molar-refractivity contribution in [3.63, 3.8) is 0 Å². The van der Waals surface area contributed by atoms with E-state index in [9.17, 15) is 0 Å². The van der Waals surface area contributed by atoms with Gasteiger partial charge in [-0.25, -0.2) is 0 Å². The third-order valence-electron chi connectivity index (χ3n) is 4.22. The number of hydrogen-bond donors (Lipinski definition) is 1. The van der Waals surface area contributed by atoms with Gasteiger partial charge >= 0.3 is 0 Å². The van der Waals surface area contributed by atoms with E-state index in [-0.39, 0.29) is 0 Å². The van der Waals surface area contributed by atoms with Crippen molar-refractivity contribution in [1.82, 2.24) is 9.88 Å². The summed E-state index contributed by atoms with van der Waals surface area (Å²) in [6.45, 7) is 2.70. The van der Waals surface area contributed by atoms with Crippen LogP contribution >= 0.6 is 0 Å². The van der Waals surface area contributed by atoms with Crippen molar-refractivity contribution < 1.29 is 0 Å². The minimum atomic E-state index is 0.490. The zero-order valence-electron chi connectivity index (χ0n) is 12.9. The SMILES string of the molecule is CN(C)CC1CCCN1c1cc(CN)nc2ccccc12. The molecule has 21 heavy (non-hydrogen) atoms. The van der Waals surface area contributed by atoms with E-state index in [4.69, 9.17) is 5.73 Å². The molecule has 1 unspecified atom stereocenters. The van der Waals surface area contributed by atoms with Crippen LogP contribution in [0.25, 0.3) is 10.9 Å². The molecule has 0 bridgehead atoms. The summed E-state index contributed by atoms with van der Waals surface area (Å²) in [5.74, 6) is 0. The molecule has 0 spiro atoms. The van der Waals surface area contributed by atoms with Gasteiger partial charge in [-0.15, -0.1) is 0 Å². The Bertz CT molecular complexity index is 623. The summed E-state index contributed by atoms with van der Waals surface area (Å²) in [6.07, 6.45) is 2.51. The van der Waals surface area contributed by atoms with Crippen LogP contribution in [-0.2, 0) is 6.54 Å². The Morgan fingerprint density at radius 1 is 1.33 bits per heavy atom. The predicted molar refractivity (Wildman–Crippen MR) is 88.6 cm³/mol. The maximum atomic E-state index is 5.83. The Balaban J connectivity index is 2.05. The quantitative estimate of drug-likeness (QED) is 0.935. The normalized spacial score (nSPS) is 18.9. The Kier molecular flexibility index (Phi) is 4.08. The van der Waals surface area contributed by atoms with Gasteiger partial charge in [-0.05, 0) is 39.1 Å². The van der Waals surface area contributed by atoms with Crippen LogP contribution in [-0.4, -0.2) is 43.1 Å². The van der Waals surface area contributed by atoms with E-state index >= 15 is 0 Å². The standard InChI is InChI=1S/C17H24N4/c1-20(2)12-14-6-5-9-21(14)17-10-13(11-18)19-16-8-4-3-7-15(16)17/h3-4,7-8,10,14H,5-6,9,11-12,18H2,1-2H3. The first-order valence-corrected chi connectivity index (χ1v) is 7.69. The molecule has 4 nitrogen and oxygen atoms in total. The summed E-state index contributed by atoms with van der Waals surface area (Å²) in [5.41, 5.74) is 9.15. The first-order valence-electron chi connectivity index (χ1n) is 7.69. The van der Waals surface area contributed by atoms with Crippen molar-refractivity contribution in [2.24, 2.45) is 5.73 Å². The number of nitrogens with zero attached hydrogens (tertiary/aromatic N) is 3. The van der Waals surface area contributed by atoms with E-state index in [1.807, 2.05) is 6.07 Å². The molecule has 1 atom stereocenters. The minimum absolute atomic E-state index is 0.490. The van der Waals surface area contributed by atoms with Gasteiger partial charge < -0.3 is 15.5 Å². The lowest BCUT2D eigenvalue weighted by Gasteiger charge is -2.30. The Morgan fingerprint density at radius 2 is 2.14 bits per heavy atom. The summed E-state index contributed by atoms with van der Waals surface area (Å²) in [5, 5.41) is 1.24. The van der Waals surface area contributed by atoms with Crippen molar-refractivity contribution >= 4 is 16.6 Å². The molecule has 3 rings (SSSR count). The molecule has 0 saturated carbocycles. The highest BCUT2D eigenvalue weighted by molar-refractivity contribution is 5.92. The first kappa shape index (κ1) is 14.3. The zero-order chi connectivity index (χ0) is 14.8. The van der Waals surface area contributed by atoms with Crippen molar-refractivity contribution in [2.45, 2.75) is 25.4 Å². The van der Waals surface area contributed by atoms with Gasteiger partial charge in [0.1, 0.15) is 0 Å². The number of nitrogens with two attached hydrogens (primary N) is 1. The molecule has 4 heteroatoms. The van der Waals surface area contributed by atoms with Gasteiger partial charge in [-0.3, -0.25) is 4.98 Å². The molecule has 112 valence electrons. The zero-order valence-corrected chi connectivity index (χ0v) is 12.9. The lowest BCUT2D eigenvalue weighted by atomic mass is 10.1. The van der Waals surface area contributed by atoms with Crippen molar-refractivity contribution in [3.8, 4) is 0 Å². The highest BCUT2D eigenvalue weighted by Gasteiger charge is 2.26. The number of pyridine rings is 1. The molecule has 2 N–H and O–H groups in total. The molecular weight excluding hydrogens is 260 g/mol. The van der Waals surface area contributed by atoms with Crippen LogP contribution in [0, 0.1) is 0 Å². The van der Waals surface area contributed by atoms with Crippen LogP contribution in [0.2, 0.25) is 0 Å². The van der Waals surface area contributed by atoms with Gasteiger partial charge in [0.25, 0.3) is 0 Å². The average Bonchev–Trinajstić information content (AvgIpc) is 2.93. The van der Waals surface area contributed by atoms with E-state index in [1.54, 1.807) is 0 Å². The van der Waals surface area contributed by atoms with E-state index in [1.165, 1.54) is 23.9 Å². The fraction of sp³-hybridized carbons (Fsp3) is 0.471. The minimum Gasteiger partial charge on any atom is -0.367 e. The molecule has 2 aromatic rings. The van der Waals surface area contributed by atoms with Crippen LogP contribution in [0.5, 0.6) is 0 Å². The monoisotopic (exact) mass is 284 g/mol. The summed E-state index contributed by atoms with van der Waals surface area (Å²) in [6, 6.07) is 11.1. The Morgan fingerprint density at radius 3 is 2.90 bits per heavy atom. The molecule has 0 radical (unpaired) electrons. The van der Waals surface area contributed by atoms with E-state index in [0.717, 1.165) is 24.3 Å². The maximum Gasteiger partial charge on any atom is 0.0726 e. The molecule has 1 fully saturated rings. The van der Waals surface area contributed by atoms with Gasteiger partial charge in [0, 0.05) is 36.7 Å². The average molecular weight is 284 g/mol. The first-order chi connectivity index (χ1) is 10.2. The van der Waals surface area contributed by atoms with Gasteiger partial charge in [0.2, 0.25) is 0 Å². The van der Waals surface area contributed by atoms with E-state index in [0.29, 0.717) is 12.6 Å². The summed E-state index contributed by atoms with van der Waals surface area (Å²) < 4.78 is 0. The van der Waals surface area contributed by atoms with Gasteiger partial charge in [0.15, 0.2) is 0 Å². The maximum absolute atomic E-state index is 5.83. The van der Waals surface area contributed by atoms with Crippen molar-refractivity contribution in [3.05, 3.63) is 36.0 Å². The number of likely N-dealkylation sites (N-methyl/N-ethyl adjacent to an activating group) is 1. The fourth-order valence-corrected chi connectivity index (χ4v) is 3.32. The van der Waals surface area contributed by atoms with Gasteiger partial charge in [-0.1, -0.05) is 18.2 Å². The smallest absolute Gasteiger partial charge is 0.0726 e. The van der Waals surface area contributed by atoms with E-state index in [2.05, 4.69) is 53.1 Å². The van der Waals surface area contributed by atoms with Gasteiger partial charge in [-0.2, -0.15) is 0 Å². The number of benzene rings is 1. The molecule has 2 heterocycles. The molecular formula is C17H24N4. The number of anilines is 1. The summed E-state index contributed by atoms with van der Waals surface area (Å²) in [4.78, 5) is 9.47. The number of aromatic nitrogens is 1. The largest absolute Gasteiger partial charge is 0.367 e. The number of rotatable bonds is 4. The lowest BCUT2D eigenvalue weighted by Crippen LogP contribution is -2.37. The molecule has 1 aromatic heterocycles. The second-order valence-corrected chi connectivity index (χ2v) is 6.11. The van der Waals surface area contributed by atoms with Crippen LogP contribution in [0.1, 0.15) is 18.5 Å². The van der Waals surface area contributed by atoms with Crippen molar-refractivity contribution in [2.75, 3.05) is 32.1 Å². The summed E-state index contributed by atoms with van der Waals surface area (Å²) in [7, 11) is 4.29. The van der Waals surface area contributed by atoms with Crippen LogP contribution in [0.3, 0.4) is 0 Å². The fourth-order valence-electron chi connectivity index (χ4n) is 3.32. The van der Waals surface area contributed by atoms with E-state index < -0.39 is 0 Å². The van der Waals surface area contributed by atoms with Crippen molar-refractivity contribution in [1.29, 1.82) is 0 Å². The molecule has 0 aliphatic carbocycles. The lowest BCUT2D eigenvalue weighted by molar-refractivity contribution is 0.372.